The lowest BCUT2D eigenvalue weighted by molar-refractivity contribution is 0.663. The third-order valence-electron chi connectivity index (χ3n) is 9.19. The van der Waals surface area contributed by atoms with Crippen LogP contribution in [-0.2, 0) is 0 Å². The summed E-state index contributed by atoms with van der Waals surface area (Å²) in [7, 11) is 0. The second-order valence-electron chi connectivity index (χ2n) is 12.2. The van der Waals surface area contributed by atoms with Crippen molar-refractivity contribution in [1.29, 1.82) is 0 Å². The number of rotatable bonds is 6. The topological polar surface area (TPSA) is 49.9 Å². The molecule has 1 unspecified atom stereocenters. The Morgan fingerprint density at radius 1 is 0.449 bits per heavy atom. The number of amidine groups is 2. The molecule has 0 radical (unpaired) electrons. The fraction of sp³-hybridized carbons (Fsp3) is 0.0222. The van der Waals surface area contributed by atoms with E-state index >= 15 is 0 Å². The second kappa shape index (κ2) is 12.3. The number of furan rings is 1. The van der Waals surface area contributed by atoms with Crippen molar-refractivity contribution in [3.8, 4) is 33.4 Å². The quantitative estimate of drug-likeness (QED) is 0.199. The highest BCUT2D eigenvalue weighted by Gasteiger charge is 2.25. The highest BCUT2D eigenvalue weighted by molar-refractivity contribution is 6.14. The van der Waals surface area contributed by atoms with Crippen LogP contribution in [0, 0.1) is 0 Å². The van der Waals surface area contributed by atoms with Crippen molar-refractivity contribution in [2.75, 3.05) is 0 Å². The van der Waals surface area contributed by atoms with Crippen molar-refractivity contribution in [3.63, 3.8) is 0 Å². The van der Waals surface area contributed by atoms with Gasteiger partial charge >= 0.3 is 0 Å². The Kier molecular flexibility index (Phi) is 7.17. The number of fused-ring (bicyclic) bond motifs is 3. The van der Waals surface area contributed by atoms with E-state index in [0.717, 1.165) is 61.2 Å². The Bertz CT molecular complexity index is 2480. The van der Waals surface area contributed by atoms with Crippen LogP contribution in [0.4, 0.5) is 0 Å². The predicted molar refractivity (Wildman–Crippen MR) is 202 cm³/mol. The maximum Gasteiger partial charge on any atom is 0.159 e. The number of hydrogen-bond donors (Lipinski definition) is 1. The fourth-order valence-electron chi connectivity index (χ4n) is 6.73. The van der Waals surface area contributed by atoms with Crippen LogP contribution in [0.25, 0.3) is 55.3 Å². The summed E-state index contributed by atoms with van der Waals surface area (Å²) in [5.74, 6) is 1.47. The van der Waals surface area contributed by atoms with Crippen molar-refractivity contribution in [3.05, 3.63) is 193 Å². The molecule has 8 aromatic rings. The van der Waals surface area contributed by atoms with E-state index in [2.05, 4.69) is 139 Å². The first-order valence-corrected chi connectivity index (χ1v) is 16.5. The highest BCUT2D eigenvalue weighted by atomic mass is 16.3. The molecule has 1 aromatic heterocycles. The van der Waals surface area contributed by atoms with Crippen LogP contribution in [0.3, 0.4) is 0 Å². The van der Waals surface area contributed by atoms with Crippen molar-refractivity contribution in [1.82, 2.24) is 5.32 Å². The van der Waals surface area contributed by atoms with Gasteiger partial charge in [0, 0.05) is 33.0 Å². The van der Waals surface area contributed by atoms with Gasteiger partial charge in [-0.3, -0.25) is 0 Å². The molecule has 1 aliphatic heterocycles. The summed E-state index contributed by atoms with van der Waals surface area (Å²) in [4.78, 5) is 10.3. The van der Waals surface area contributed by atoms with Crippen molar-refractivity contribution < 1.29 is 4.42 Å². The molecule has 0 saturated heterocycles. The van der Waals surface area contributed by atoms with Gasteiger partial charge in [0.25, 0.3) is 0 Å². The van der Waals surface area contributed by atoms with E-state index in [1.807, 2.05) is 42.5 Å². The minimum absolute atomic E-state index is 0.377. The number of aliphatic imine (C=N–C) groups is 2. The molecular formula is C45H31N3O. The number of hydrogen-bond acceptors (Lipinski definition) is 4. The molecule has 0 bridgehead atoms. The molecule has 1 aliphatic rings. The molecule has 0 spiro atoms. The smallest absolute Gasteiger partial charge is 0.159 e. The molecule has 49 heavy (non-hydrogen) atoms. The maximum absolute atomic E-state index is 6.57. The summed E-state index contributed by atoms with van der Waals surface area (Å²) >= 11 is 0. The van der Waals surface area contributed by atoms with Crippen LogP contribution in [0.5, 0.6) is 0 Å². The van der Waals surface area contributed by atoms with Gasteiger partial charge in [0.05, 0.1) is 0 Å². The molecular weight excluding hydrogens is 599 g/mol. The standard InChI is InChI=1S/C45H31N3O/c1-4-12-30(13-5-1)31-22-24-32(25-23-31)33-26-28-36(29-27-33)44-46-43(35-16-8-3-9-17-35)47-45(48-44)39-20-11-21-40-41(39)38-19-10-18-37(42(38)49-40)34-14-6-2-7-15-34/h1-29,45H,(H,46,47,48). The van der Waals surface area contributed by atoms with Gasteiger partial charge in [-0.15, -0.1) is 0 Å². The van der Waals surface area contributed by atoms with Crippen molar-refractivity contribution in [2.45, 2.75) is 6.17 Å². The maximum atomic E-state index is 6.57. The molecule has 4 nitrogen and oxygen atoms in total. The lowest BCUT2D eigenvalue weighted by atomic mass is 9.98. The van der Waals surface area contributed by atoms with Crippen LogP contribution < -0.4 is 5.32 Å². The minimum atomic E-state index is -0.377. The minimum Gasteiger partial charge on any atom is -0.455 e. The van der Waals surface area contributed by atoms with Gasteiger partial charge < -0.3 is 9.73 Å². The summed E-state index contributed by atoms with van der Waals surface area (Å²) < 4.78 is 6.57. The van der Waals surface area contributed by atoms with E-state index < -0.39 is 0 Å². The molecule has 9 rings (SSSR count). The lowest BCUT2D eigenvalue weighted by Crippen LogP contribution is -2.33. The van der Waals surface area contributed by atoms with Crippen molar-refractivity contribution in [2.24, 2.45) is 9.98 Å². The number of nitrogens with one attached hydrogen (secondary N) is 1. The van der Waals surface area contributed by atoms with Crippen LogP contribution in [0.15, 0.2) is 190 Å². The zero-order chi connectivity index (χ0) is 32.6. The molecule has 7 aromatic carbocycles. The molecule has 2 heterocycles. The summed E-state index contributed by atoms with van der Waals surface area (Å²) in [5.41, 5.74) is 11.6. The first-order chi connectivity index (χ1) is 24.3. The monoisotopic (exact) mass is 629 g/mol. The number of para-hydroxylation sites is 1. The molecule has 4 heteroatoms. The Hall–Kier alpha value is -6.52. The zero-order valence-electron chi connectivity index (χ0n) is 26.6. The van der Waals surface area contributed by atoms with Gasteiger partial charge in [-0.05, 0) is 33.9 Å². The Morgan fingerprint density at radius 3 is 1.61 bits per heavy atom. The van der Waals surface area contributed by atoms with E-state index in [1.165, 1.54) is 16.7 Å². The van der Waals surface area contributed by atoms with Crippen LogP contribution in [-0.4, -0.2) is 11.7 Å². The Balaban J connectivity index is 1.10. The van der Waals surface area contributed by atoms with E-state index in [4.69, 9.17) is 14.4 Å². The molecule has 1 N–H and O–H groups in total. The first-order valence-electron chi connectivity index (χ1n) is 16.5. The van der Waals surface area contributed by atoms with Gasteiger partial charge in [-0.1, -0.05) is 170 Å². The van der Waals surface area contributed by atoms with Gasteiger partial charge in [-0.25, -0.2) is 9.98 Å². The average Bonchev–Trinajstić information content (AvgIpc) is 3.58. The average molecular weight is 630 g/mol. The SMILES string of the molecule is c1ccc(C2=NC(c3cccc4oc5c(-c6ccccc6)cccc5c34)NC(c3ccc(-c4ccc(-c5ccccc5)cc4)cc3)=N2)cc1. The van der Waals surface area contributed by atoms with E-state index in [-0.39, 0.29) is 6.17 Å². The second-order valence-corrected chi connectivity index (χ2v) is 12.2. The predicted octanol–water partition coefficient (Wildman–Crippen LogP) is 11.1. The summed E-state index contributed by atoms with van der Waals surface area (Å²) in [6.45, 7) is 0. The van der Waals surface area contributed by atoms with E-state index in [9.17, 15) is 0 Å². The van der Waals surface area contributed by atoms with Gasteiger partial charge in [0.2, 0.25) is 0 Å². The Morgan fingerprint density at radius 2 is 0.980 bits per heavy atom. The third-order valence-corrected chi connectivity index (χ3v) is 9.19. The van der Waals surface area contributed by atoms with Gasteiger partial charge in [0.15, 0.2) is 5.84 Å². The normalized spacial score (nSPS) is 14.3. The van der Waals surface area contributed by atoms with Crippen LogP contribution in [0.2, 0.25) is 0 Å². The summed E-state index contributed by atoms with van der Waals surface area (Å²) in [6, 6.07) is 61.0. The first kappa shape index (κ1) is 28.7. The van der Waals surface area contributed by atoms with Crippen molar-refractivity contribution >= 4 is 33.6 Å². The molecule has 0 fully saturated rings. The Labute approximate surface area is 284 Å². The van der Waals surface area contributed by atoms with Gasteiger partial charge in [-0.2, -0.15) is 0 Å². The third kappa shape index (κ3) is 5.39. The largest absolute Gasteiger partial charge is 0.455 e. The molecule has 0 amide bonds. The van der Waals surface area contributed by atoms with Crippen LogP contribution in [0.1, 0.15) is 22.9 Å². The zero-order valence-corrected chi connectivity index (χ0v) is 26.6. The highest BCUT2D eigenvalue weighted by Crippen LogP contribution is 2.39. The number of benzene rings is 7. The lowest BCUT2D eigenvalue weighted by Gasteiger charge is -2.24. The summed E-state index contributed by atoms with van der Waals surface area (Å²) in [5, 5.41) is 5.81. The molecule has 0 aliphatic carbocycles. The fourth-order valence-corrected chi connectivity index (χ4v) is 6.73. The van der Waals surface area contributed by atoms with Gasteiger partial charge in [0.1, 0.15) is 23.2 Å². The molecule has 1 atom stereocenters. The number of nitrogens with zero attached hydrogens (tertiary/aromatic N) is 2. The van der Waals surface area contributed by atoms with E-state index in [1.54, 1.807) is 0 Å². The van der Waals surface area contributed by atoms with Crippen LogP contribution >= 0.6 is 0 Å². The van der Waals surface area contributed by atoms with E-state index in [0.29, 0.717) is 5.84 Å². The molecule has 0 saturated carbocycles. The molecule has 232 valence electrons. The summed E-state index contributed by atoms with van der Waals surface area (Å²) in [6.07, 6.45) is -0.377.